The summed E-state index contributed by atoms with van der Waals surface area (Å²) in [5.41, 5.74) is 5.71. The van der Waals surface area contributed by atoms with E-state index in [1.807, 2.05) is 36.4 Å². The van der Waals surface area contributed by atoms with Crippen molar-refractivity contribution in [3.8, 4) is 23.0 Å². The molecule has 0 atom stereocenters. The summed E-state index contributed by atoms with van der Waals surface area (Å²) in [6.07, 6.45) is 4.72. The molecular weight excluding hydrogens is 376 g/mol. The van der Waals surface area contributed by atoms with Crippen LogP contribution in [-0.4, -0.2) is 26.4 Å². The summed E-state index contributed by atoms with van der Waals surface area (Å²) >= 11 is 0. The summed E-state index contributed by atoms with van der Waals surface area (Å²) < 4.78 is 23.1. The number of rotatable bonds is 10. The number of benzene rings is 3. The molecule has 4 nitrogen and oxygen atoms in total. The van der Waals surface area contributed by atoms with E-state index in [0.717, 1.165) is 35.8 Å². The molecule has 0 amide bonds. The number of aryl methyl sites for hydroxylation is 4. The minimum absolute atomic E-state index is 0.506. The van der Waals surface area contributed by atoms with Crippen LogP contribution in [0.2, 0.25) is 0 Å². The topological polar surface area (TPSA) is 36.9 Å². The van der Waals surface area contributed by atoms with E-state index in [-0.39, 0.29) is 0 Å². The molecule has 0 radical (unpaired) electrons. The maximum atomic E-state index is 5.78. The second kappa shape index (κ2) is 8.70. The molecule has 0 N–H and O–H groups in total. The van der Waals surface area contributed by atoms with E-state index >= 15 is 0 Å². The van der Waals surface area contributed by atoms with E-state index in [9.17, 15) is 0 Å². The number of fused-ring (bicyclic) bond motifs is 2. The smallest absolute Gasteiger partial charge is 0.122 e. The highest BCUT2D eigenvalue weighted by Crippen LogP contribution is 2.28. The molecule has 2 aliphatic carbocycles. The van der Waals surface area contributed by atoms with Crippen LogP contribution in [0, 0.1) is 0 Å². The predicted octanol–water partition coefficient (Wildman–Crippen LogP) is 4.80. The van der Waals surface area contributed by atoms with Crippen molar-refractivity contribution in [1.82, 2.24) is 0 Å². The molecule has 5 rings (SSSR count). The standard InChI is InChI=1S/C26H26O4/c1-3-21-17-25(7-5-19(1)21)29-15-13-27-23-9-11-24(12-10-23)28-14-16-30-26-8-6-20-2-4-22(20)18-26/h5-12,17-18H,1-4,13-16H2. The van der Waals surface area contributed by atoms with Gasteiger partial charge in [0.25, 0.3) is 0 Å². The lowest BCUT2D eigenvalue weighted by atomic mass is 9.89. The molecule has 3 aromatic carbocycles. The van der Waals surface area contributed by atoms with E-state index in [4.69, 9.17) is 18.9 Å². The van der Waals surface area contributed by atoms with E-state index < -0.39 is 0 Å². The molecule has 3 aromatic rings. The number of ether oxygens (including phenoxy) is 4. The monoisotopic (exact) mass is 402 g/mol. The zero-order valence-electron chi connectivity index (χ0n) is 17.1. The number of hydrogen-bond donors (Lipinski definition) is 0. The zero-order chi connectivity index (χ0) is 20.2. The van der Waals surface area contributed by atoms with Gasteiger partial charge in [0.1, 0.15) is 49.4 Å². The Morgan fingerprint density at radius 3 is 1.07 bits per heavy atom. The van der Waals surface area contributed by atoms with E-state index in [0.29, 0.717) is 26.4 Å². The van der Waals surface area contributed by atoms with Crippen molar-refractivity contribution in [2.45, 2.75) is 25.7 Å². The van der Waals surface area contributed by atoms with Crippen LogP contribution in [0.3, 0.4) is 0 Å². The summed E-state index contributed by atoms with van der Waals surface area (Å²) in [7, 11) is 0. The maximum Gasteiger partial charge on any atom is 0.122 e. The fourth-order valence-electron chi connectivity index (χ4n) is 3.79. The van der Waals surface area contributed by atoms with Gasteiger partial charge in [-0.15, -0.1) is 0 Å². The third-order valence-corrected chi connectivity index (χ3v) is 5.75. The highest BCUT2D eigenvalue weighted by Gasteiger charge is 2.14. The second-order valence-electron chi connectivity index (χ2n) is 7.73. The van der Waals surface area contributed by atoms with Crippen molar-refractivity contribution in [3.63, 3.8) is 0 Å². The van der Waals surface area contributed by atoms with Gasteiger partial charge in [-0.3, -0.25) is 0 Å². The zero-order valence-corrected chi connectivity index (χ0v) is 17.1. The third kappa shape index (κ3) is 4.38. The molecule has 0 spiro atoms. The van der Waals surface area contributed by atoms with Gasteiger partial charge >= 0.3 is 0 Å². The van der Waals surface area contributed by atoms with Crippen molar-refractivity contribution in [2.75, 3.05) is 26.4 Å². The number of hydrogen-bond acceptors (Lipinski definition) is 4. The van der Waals surface area contributed by atoms with Crippen LogP contribution in [0.4, 0.5) is 0 Å². The minimum Gasteiger partial charge on any atom is -0.490 e. The van der Waals surface area contributed by atoms with Gasteiger partial charge in [0.2, 0.25) is 0 Å². The first-order chi connectivity index (χ1) is 14.8. The van der Waals surface area contributed by atoms with Gasteiger partial charge in [-0.25, -0.2) is 0 Å². The normalized spacial score (nSPS) is 13.3. The molecule has 0 saturated carbocycles. The van der Waals surface area contributed by atoms with Gasteiger partial charge in [0.15, 0.2) is 0 Å². The summed E-state index contributed by atoms with van der Waals surface area (Å²) in [5, 5.41) is 0. The molecular formula is C26H26O4. The lowest BCUT2D eigenvalue weighted by Gasteiger charge is -2.19. The van der Waals surface area contributed by atoms with Crippen molar-refractivity contribution < 1.29 is 18.9 Å². The Hall–Kier alpha value is -3.14. The molecule has 0 heterocycles. The maximum absolute atomic E-state index is 5.78. The molecule has 0 bridgehead atoms. The van der Waals surface area contributed by atoms with Gasteiger partial charge < -0.3 is 18.9 Å². The minimum atomic E-state index is 0.506. The van der Waals surface area contributed by atoms with E-state index in [2.05, 4.69) is 24.3 Å². The molecule has 30 heavy (non-hydrogen) atoms. The Kier molecular flexibility index (Phi) is 5.47. The third-order valence-electron chi connectivity index (χ3n) is 5.75. The second-order valence-corrected chi connectivity index (χ2v) is 7.73. The molecule has 0 aromatic heterocycles. The summed E-state index contributed by atoms with van der Waals surface area (Å²) in [6.45, 7) is 2.06. The quantitative estimate of drug-likeness (QED) is 0.457. The lowest BCUT2D eigenvalue weighted by Crippen LogP contribution is -2.12. The summed E-state index contributed by atoms with van der Waals surface area (Å²) in [6, 6.07) is 20.3. The van der Waals surface area contributed by atoms with E-state index in [1.165, 1.54) is 35.1 Å². The van der Waals surface area contributed by atoms with Crippen LogP contribution in [0.25, 0.3) is 0 Å². The van der Waals surface area contributed by atoms with Gasteiger partial charge in [-0.1, -0.05) is 12.1 Å². The highest BCUT2D eigenvalue weighted by atomic mass is 16.5. The Bertz CT molecular complexity index is 928. The van der Waals surface area contributed by atoms with Crippen molar-refractivity contribution in [1.29, 1.82) is 0 Å². The summed E-state index contributed by atoms with van der Waals surface area (Å²) in [5.74, 6) is 3.46. The largest absolute Gasteiger partial charge is 0.490 e. The van der Waals surface area contributed by atoms with Crippen molar-refractivity contribution in [2.24, 2.45) is 0 Å². The van der Waals surface area contributed by atoms with Crippen LogP contribution in [0.15, 0.2) is 60.7 Å². The van der Waals surface area contributed by atoms with Crippen LogP contribution < -0.4 is 18.9 Å². The first-order valence-electron chi connectivity index (χ1n) is 10.7. The Morgan fingerprint density at radius 1 is 0.400 bits per heavy atom. The Labute approximate surface area is 177 Å². The van der Waals surface area contributed by atoms with Gasteiger partial charge in [-0.05, 0) is 96.5 Å². The van der Waals surface area contributed by atoms with Gasteiger partial charge in [0, 0.05) is 0 Å². The van der Waals surface area contributed by atoms with Crippen LogP contribution >= 0.6 is 0 Å². The Morgan fingerprint density at radius 2 is 0.733 bits per heavy atom. The fraction of sp³-hybridized carbons (Fsp3) is 0.308. The molecule has 154 valence electrons. The van der Waals surface area contributed by atoms with Gasteiger partial charge in [-0.2, -0.15) is 0 Å². The molecule has 0 aliphatic heterocycles. The molecule has 0 unspecified atom stereocenters. The summed E-state index contributed by atoms with van der Waals surface area (Å²) in [4.78, 5) is 0. The molecule has 4 heteroatoms. The average molecular weight is 402 g/mol. The van der Waals surface area contributed by atoms with Crippen LogP contribution in [0.5, 0.6) is 23.0 Å². The first kappa shape index (κ1) is 18.9. The predicted molar refractivity (Wildman–Crippen MR) is 116 cm³/mol. The average Bonchev–Trinajstić information content (AvgIpc) is 2.73. The van der Waals surface area contributed by atoms with E-state index in [1.54, 1.807) is 0 Å². The molecule has 2 aliphatic rings. The van der Waals surface area contributed by atoms with Crippen molar-refractivity contribution in [3.05, 3.63) is 82.9 Å². The fourth-order valence-corrected chi connectivity index (χ4v) is 3.79. The van der Waals surface area contributed by atoms with Crippen molar-refractivity contribution >= 4 is 0 Å². The van der Waals surface area contributed by atoms with Crippen LogP contribution in [-0.2, 0) is 25.7 Å². The van der Waals surface area contributed by atoms with Crippen LogP contribution in [0.1, 0.15) is 22.3 Å². The van der Waals surface area contributed by atoms with Gasteiger partial charge in [0.05, 0.1) is 0 Å². The molecule has 0 saturated heterocycles. The highest BCUT2D eigenvalue weighted by molar-refractivity contribution is 5.42. The Balaban J connectivity index is 0.991. The lowest BCUT2D eigenvalue weighted by molar-refractivity contribution is 0.213. The molecule has 0 fully saturated rings. The SMILES string of the molecule is c1cc(OCCOc2ccc3c(c2)CC3)ccc1OCCOc1ccc2c(c1)CC2. The first-order valence-corrected chi connectivity index (χ1v) is 10.7.